The summed E-state index contributed by atoms with van der Waals surface area (Å²) in [4.78, 5) is 9.12. The summed E-state index contributed by atoms with van der Waals surface area (Å²) >= 11 is 0. The van der Waals surface area contributed by atoms with Crippen molar-refractivity contribution in [2.45, 2.75) is 64.5 Å². The van der Waals surface area contributed by atoms with Crippen LogP contribution in [0.25, 0.3) is 0 Å². The minimum Gasteiger partial charge on any atom is -0.472 e. The molecule has 2 heterocycles. The van der Waals surface area contributed by atoms with Crippen molar-refractivity contribution < 1.29 is 9.47 Å². The molecular formula is C14H24N2O2. The molecule has 0 aromatic carbocycles. The summed E-state index contributed by atoms with van der Waals surface area (Å²) in [7, 11) is 0. The lowest BCUT2D eigenvalue weighted by atomic mass is 10.1. The quantitative estimate of drug-likeness (QED) is 0.699. The molecule has 0 radical (unpaired) electrons. The topological polar surface area (TPSA) is 43.2 Å². The number of hydrogen-bond acceptors (Lipinski definition) is 4. The predicted molar refractivity (Wildman–Crippen MR) is 73.4 cm³/mol. The van der Waals surface area contributed by atoms with Crippen LogP contribution >= 0.6 is 0 Å². The molecule has 0 saturated heterocycles. The van der Waals surface area contributed by atoms with E-state index in [1.165, 1.54) is 25.7 Å². The van der Waals surface area contributed by atoms with Gasteiger partial charge >= 0.3 is 0 Å². The van der Waals surface area contributed by atoms with Crippen molar-refractivity contribution in [2.75, 3.05) is 13.2 Å². The molecule has 0 aromatic rings. The lowest BCUT2D eigenvalue weighted by Crippen LogP contribution is -2.14. The highest BCUT2D eigenvalue weighted by Gasteiger charge is 2.28. The molecule has 18 heavy (non-hydrogen) atoms. The molecular weight excluding hydrogens is 228 g/mol. The van der Waals surface area contributed by atoms with E-state index in [0.29, 0.717) is 37.1 Å². The van der Waals surface area contributed by atoms with E-state index < -0.39 is 0 Å². The van der Waals surface area contributed by atoms with E-state index in [1.54, 1.807) is 0 Å². The maximum atomic E-state index is 5.59. The molecule has 4 heteroatoms. The van der Waals surface area contributed by atoms with Gasteiger partial charge < -0.3 is 9.47 Å². The highest BCUT2D eigenvalue weighted by Crippen LogP contribution is 2.17. The lowest BCUT2D eigenvalue weighted by molar-refractivity contribution is 0.288. The van der Waals surface area contributed by atoms with Crippen molar-refractivity contribution in [3.63, 3.8) is 0 Å². The lowest BCUT2D eigenvalue weighted by Gasteiger charge is -2.01. The van der Waals surface area contributed by atoms with Crippen molar-refractivity contribution >= 4 is 11.8 Å². The van der Waals surface area contributed by atoms with Crippen LogP contribution in [-0.4, -0.2) is 37.1 Å². The van der Waals surface area contributed by atoms with Crippen LogP contribution in [0.15, 0.2) is 9.98 Å². The van der Waals surface area contributed by atoms with Crippen LogP contribution in [0.2, 0.25) is 0 Å². The Balaban J connectivity index is 1.85. The highest BCUT2D eigenvalue weighted by molar-refractivity contribution is 6.36. The molecule has 0 aromatic heterocycles. The van der Waals surface area contributed by atoms with E-state index in [-0.39, 0.29) is 0 Å². The zero-order chi connectivity index (χ0) is 12.8. The van der Waals surface area contributed by atoms with Gasteiger partial charge in [0.2, 0.25) is 0 Å². The third-order valence-corrected chi connectivity index (χ3v) is 3.39. The normalized spacial score (nSPS) is 26.6. The Hall–Kier alpha value is -1.06. The molecule has 0 N–H and O–H groups in total. The van der Waals surface area contributed by atoms with Gasteiger partial charge in [0.25, 0.3) is 11.8 Å². The number of nitrogens with zero attached hydrogens (tertiary/aromatic N) is 2. The van der Waals surface area contributed by atoms with Gasteiger partial charge in [0.15, 0.2) is 0 Å². The van der Waals surface area contributed by atoms with E-state index >= 15 is 0 Å². The fourth-order valence-corrected chi connectivity index (χ4v) is 2.24. The Labute approximate surface area is 109 Å². The van der Waals surface area contributed by atoms with Gasteiger partial charge in [-0.1, -0.05) is 39.5 Å². The predicted octanol–water partition coefficient (Wildman–Crippen LogP) is 2.96. The van der Waals surface area contributed by atoms with E-state index in [9.17, 15) is 0 Å². The van der Waals surface area contributed by atoms with Crippen molar-refractivity contribution in [1.29, 1.82) is 0 Å². The zero-order valence-corrected chi connectivity index (χ0v) is 11.5. The van der Waals surface area contributed by atoms with Crippen molar-refractivity contribution in [3.8, 4) is 0 Å². The molecule has 0 aliphatic carbocycles. The van der Waals surface area contributed by atoms with Crippen LogP contribution in [0.5, 0.6) is 0 Å². The summed E-state index contributed by atoms with van der Waals surface area (Å²) in [6.07, 6.45) is 7.03. The standard InChI is InChI=1S/C14H24N2O2/c1-3-5-7-11-9-17-13(15-11)14-16-12(10-18-14)8-6-4-2/h11-12H,3-10H2,1-2H3/t11-,12-/m0/s1. The second kappa shape index (κ2) is 6.76. The minimum absolute atomic E-state index is 0.306. The molecule has 2 aliphatic rings. The summed E-state index contributed by atoms with van der Waals surface area (Å²) in [5.74, 6) is 1.27. The van der Waals surface area contributed by atoms with E-state index in [4.69, 9.17) is 9.47 Å². The van der Waals surface area contributed by atoms with Gasteiger partial charge in [-0.3, -0.25) is 0 Å². The first-order chi connectivity index (χ1) is 8.83. The Bertz CT molecular complexity index is 294. The smallest absolute Gasteiger partial charge is 0.273 e. The van der Waals surface area contributed by atoms with Crippen LogP contribution in [0.3, 0.4) is 0 Å². The van der Waals surface area contributed by atoms with Gasteiger partial charge in [-0.2, -0.15) is 0 Å². The van der Waals surface area contributed by atoms with Crippen molar-refractivity contribution in [2.24, 2.45) is 9.98 Å². The number of hydrogen-bond donors (Lipinski definition) is 0. The van der Waals surface area contributed by atoms with Gasteiger partial charge in [0.1, 0.15) is 13.2 Å². The molecule has 2 aliphatic heterocycles. The van der Waals surface area contributed by atoms with Crippen molar-refractivity contribution in [3.05, 3.63) is 0 Å². The average Bonchev–Trinajstić information content (AvgIpc) is 3.02. The minimum atomic E-state index is 0.306. The molecule has 0 bridgehead atoms. The number of ether oxygens (including phenoxy) is 2. The van der Waals surface area contributed by atoms with Gasteiger partial charge in [-0.15, -0.1) is 0 Å². The Morgan fingerprint density at radius 3 is 1.72 bits per heavy atom. The first-order valence-corrected chi connectivity index (χ1v) is 7.25. The first kappa shape index (κ1) is 13.4. The zero-order valence-electron chi connectivity index (χ0n) is 11.5. The molecule has 0 unspecified atom stereocenters. The summed E-state index contributed by atoms with van der Waals surface area (Å²) in [5.41, 5.74) is 0. The van der Waals surface area contributed by atoms with Gasteiger partial charge in [-0.05, 0) is 12.8 Å². The van der Waals surface area contributed by atoms with Crippen LogP contribution in [0.1, 0.15) is 52.4 Å². The van der Waals surface area contributed by atoms with Crippen LogP contribution in [-0.2, 0) is 9.47 Å². The maximum Gasteiger partial charge on any atom is 0.273 e. The van der Waals surface area contributed by atoms with Crippen molar-refractivity contribution in [1.82, 2.24) is 0 Å². The molecule has 0 amide bonds. The Kier molecular flexibility index (Phi) is 5.02. The third kappa shape index (κ3) is 3.47. The van der Waals surface area contributed by atoms with Crippen LogP contribution in [0, 0.1) is 0 Å². The Morgan fingerprint density at radius 2 is 1.33 bits per heavy atom. The summed E-state index contributed by atoms with van der Waals surface area (Å²) in [5, 5.41) is 0. The third-order valence-electron chi connectivity index (χ3n) is 3.39. The number of unbranched alkanes of at least 4 members (excludes halogenated alkanes) is 2. The number of aliphatic imine (C=N–C) groups is 2. The molecule has 0 saturated carbocycles. The molecule has 2 atom stereocenters. The van der Waals surface area contributed by atoms with Crippen LogP contribution < -0.4 is 0 Å². The summed E-state index contributed by atoms with van der Waals surface area (Å²) in [6, 6.07) is 0.613. The maximum absolute atomic E-state index is 5.59. The van der Waals surface area contributed by atoms with E-state index in [0.717, 1.165) is 12.8 Å². The van der Waals surface area contributed by atoms with Gasteiger partial charge in [0, 0.05) is 0 Å². The highest BCUT2D eigenvalue weighted by atomic mass is 16.5. The average molecular weight is 252 g/mol. The fraction of sp³-hybridized carbons (Fsp3) is 0.857. The molecule has 102 valence electrons. The van der Waals surface area contributed by atoms with Gasteiger partial charge in [-0.25, -0.2) is 9.98 Å². The first-order valence-electron chi connectivity index (χ1n) is 7.25. The second-order valence-electron chi connectivity index (χ2n) is 5.08. The largest absolute Gasteiger partial charge is 0.472 e. The summed E-state index contributed by atoms with van der Waals surface area (Å²) < 4.78 is 11.2. The monoisotopic (exact) mass is 252 g/mol. The Morgan fingerprint density at radius 1 is 0.889 bits per heavy atom. The SMILES string of the molecule is CCCC[C@H]1COC(C2=N[C@@H](CCCC)CO2)=N1. The molecule has 4 nitrogen and oxygen atoms in total. The van der Waals surface area contributed by atoms with E-state index in [2.05, 4.69) is 23.8 Å². The molecule has 0 spiro atoms. The fourth-order valence-electron chi connectivity index (χ4n) is 2.24. The van der Waals surface area contributed by atoms with Gasteiger partial charge in [0.05, 0.1) is 12.1 Å². The van der Waals surface area contributed by atoms with Crippen LogP contribution in [0.4, 0.5) is 0 Å². The molecule has 2 rings (SSSR count). The number of rotatable bonds is 7. The second-order valence-corrected chi connectivity index (χ2v) is 5.08. The molecule has 0 fully saturated rings. The summed E-state index contributed by atoms with van der Waals surface area (Å²) in [6.45, 7) is 5.78. The van der Waals surface area contributed by atoms with E-state index in [1.807, 2.05) is 0 Å².